The first-order chi connectivity index (χ1) is 8.49. The molecule has 0 saturated carbocycles. The minimum atomic E-state index is -3.61. The van der Waals surface area contributed by atoms with Crippen LogP contribution in [0.5, 0.6) is 0 Å². The molecule has 0 atom stereocenters. The molecular weight excluding hydrogens is 256 g/mol. The summed E-state index contributed by atoms with van der Waals surface area (Å²) >= 11 is 0. The van der Waals surface area contributed by atoms with Crippen molar-refractivity contribution in [2.75, 3.05) is 31.9 Å². The lowest BCUT2D eigenvalue weighted by Crippen LogP contribution is -2.47. The van der Waals surface area contributed by atoms with Gasteiger partial charge in [0.15, 0.2) is 5.75 Å². The summed E-state index contributed by atoms with van der Waals surface area (Å²) in [4.78, 5) is 12.9. The van der Waals surface area contributed by atoms with Crippen molar-refractivity contribution in [1.82, 2.24) is 9.21 Å². The predicted octanol–water partition coefficient (Wildman–Crippen LogP) is -0.0390. The summed E-state index contributed by atoms with van der Waals surface area (Å²) < 4.78 is 24.8. The smallest absolute Gasteiger partial charge is 0.320 e. The van der Waals surface area contributed by atoms with Gasteiger partial charge in [-0.3, -0.25) is 4.79 Å². The summed E-state index contributed by atoms with van der Waals surface area (Å²) in [5.74, 6) is -2.07. The van der Waals surface area contributed by atoms with Crippen LogP contribution in [0.4, 0.5) is 0 Å². The molecule has 0 spiro atoms. The van der Waals surface area contributed by atoms with Gasteiger partial charge in [-0.1, -0.05) is 0 Å². The third kappa shape index (κ3) is 3.21. The van der Waals surface area contributed by atoms with Crippen molar-refractivity contribution >= 4 is 16.0 Å². The van der Waals surface area contributed by atoms with Crippen LogP contribution in [0.2, 0.25) is 0 Å². The van der Waals surface area contributed by atoms with Gasteiger partial charge >= 0.3 is 5.97 Å². The molecule has 0 aromatic rings. The summed E-state index contributed by atoms with van der Waals surface area (Å²) in [5, 5.41) is 8.59. The number of sulfonamides is 1. The molecule has 2 heterocycles. The van der Waals surface area contributed by atoms with Gasteiger partial charge in [-0.15, -0.1) is 0 Å². The lowest BCUT2D eigenvalue weighted by Gasteiger charge is -2.35. The molecule has 2 rings (SSSR count). The Morgan fingerprint density at radius 2 is 1.67 bits per heavy atom. The van der Waals surface area contributed by atoms with E-state index in [0.29, 0.717) is 19.1 Å². The number of carboxylic acids is 1. The number of carbonyl (C=O) groups is 1. The van der Waals surface area contributed by atoms with Crippen molar-refractivity contribution in [3.05, 3.63) is 0 Å². The Balaban J connectivity index is 1.87. The lowest BCUT2D eigenvalue weighted by atomic mass is 10.1. The van der Waals surface area contributed by atoms with Crippen LogP contribution in [-0.2, 0) is 14.8 Å². The number of piperidine rings is 1. The van der Waals surface area contributed by atoms with Crippen LogP contribution in [0, 0.1) is 0 Å². The average molecular weight is 276 g/mol. The highest BCUT2D eigenvalue weighted by molar-refractivity contribution is 7.89. The third-order valence-corrected chi connectivity index (χ3v) is 5.54. The van der Waals surface area contributed by atoms with E-state index in [2.05, 4.69) is 4.90 Å². The van der Waals surface area contributed by atoms with Crippen LogP contribution in [0.15, 0.2) is 0 Å². The molecule has 7 heteroatoms. The summed E-state index contributed by atoms with van der Waals surface area (Å²) in [6.45, 7) is 3.15. The van der Waals surface area contributed by atoms with Gasteiger partial charge in [0.1, 0.15) is 0 Å². The standard InChI is InChI=1S/C11H20N2O4S/c14-11(15)9-18(16,17)13-7-3-10(4-8-13)12-5-1-2-6-12/h10H,1-9H2,(H,14,15). The maximum absolute atomic E-state index is 11.8. The molecule has 1 N–H and O–H groups in total. The van der Waals surface area contributed by atoms with Crippen molar-refractivity contribution in [2.45, 2.75) is 31.7 Å². The highest BCUT2D eigenvalue weighted by Gasteiger charge is 2.32. The summed E-state index contributed by atoms with van der Waals surface area (Å²) in [5.41, 5.74) is 0. The van der Waals surface area contributed by atoms with Gasteiger partial charge in [0, 0.05) is 19.1 Å². The first kappa shape index (κ1) is 13.8. The van der Waals surface area contributed by atoms with E-state index in [9.17, 15) is 13.2 Å². The first-order valence-corrected chi connectivity index (χ1v) is 8.03. The molecule has 2 fully saturated rings. The molecule has 0 bridgehead atoms. The van der Waals surface area contributed by atoms with Gasteiger partial charge in [0.2, 0.25) is 10.0 Å². The molecule has 0 aromatic heterocycles. The van der Waals surface area contributed by atoms with Gasteiger partial charge in [0.25, 0.3) is 0 Å². The highest BCUT2D eigenvalue weighted by Crippen LogP contribution is 2.22. The van der Waals surface area contributed by atoms with Crippen molar-refractivity contribution in [3.8, 4) is 0 Å². The van der Waals surface area contributed by atoms with E-state index in [0.717, 1.165) is 25.9 Å². The maximum Gasteiger partial charge on any atom is 0.320 e. The minimum Gasteiger partial charge on any atom is -0.480 e. The second kappa shape index (κ2) is 5.54. The van der Waals surface area contributed by atoms with Crippen molar-refractivity contribution in [3.63, 3.8) is 0 Å². The maximum atomic E-state index is 11.8. The number of aliphatic carboxylic acids is 1. The average Bonchev–Trinajstić information content (AvgIpc) is 2.81. The zero-order valence-corrected chi connectivity index (χ0v) is 11.2. The Labute approximate surface area is 108 Å². The Bertz CT molecular complexity index is 395. The number of hydrogen-bond acceptors (Lipinski definition) is 4. The Kier molecular flexibility index (Phi) is 4.24. The summed E-state index contributed by atoms with van der Waals surface area (Å²) in [6.07, 6.45) is 4.10. The SMILES string of the molecule is O=C(O)CS(=O)(=O)N1CCC(N2CCCC2)CC1. The second-order valence-electron chi connectivity index (χ2n) is 5.02. The van der Waals surface area contributed by atoms with Crippen LogP contribution in [0.3, 0.4) is 0 Å². The van der Waals surface area contributed by atoms with Crippen LogP contribution in [0.1, 0.15) is 25.7 Å². The topological polar surface area (TPSA) is 77.9 Å². The number of nitrogens with zero attached hydrogens (tertiary/aromatic N) is 2. The van der Waals surface area contributed by atoms with Crippen LogP contribution < -0.4 is 0 Å². The molecule has 2 aliphatic heterocycles. The fourth-order valence-electron chi connectivity index (χ4n) is 2.84. The quantitative estimate of drug-likeness (QED) is 0.779. The molecule has 0 unspecified atom stereocenters. The normalized spacial score (nSPS) is 24.4. The van der Waals surface area contributed by atoms with Crippen molar-refractivity contribution < 1.29 is 18.3 Å². The number of carboxylic acid groups (broad SMARTS) is 1. The van der Waals surface area contributed by atoms with Gasteiger partial charge in [-0.2, -0.15) is 0 Å². The molecule has 2 saturated heterocycles. The van der Waals surface area contributed by atoms with E-state index in [1.807, 2.05) is 0 Å². The van der Waals surface area contributed by atoms with Crippen molar-refractivity contribution in [2.24, 2.45) is 0 Å². The van der Waals surface area contributed by atoms with Crippen LogP contribution >= 0.6 is 0 Å². The molecule has 2 aliphatic rings. The Morgan fingerprint density at radius 3 is 2.17 bits per heavy atom. The van der Waals surface area contributed by atoms with Gasteiger partial charge in [0.05, 0.1) is 0 Å². The minimum absolute atomic E-state index is 0.455. The zero-order chi connectivity index (χ0) is 13.2. The van der Waals surface area contributed by atoms with Gasteiger partial charge < -0.3 is 10.0 Å². The number of rotatable bonds is 4. The number of likely N-dealkylation sites (tertiary alicyclic amines) is 1. The van der Waals surface area contributed by atoms with Crippen LogP contribution in [0.25, 0.3) is 0 Å². The molecular formula is C11H20N2O4S. The fraction of sp³-hybridized carbons (Fsp3) is 0.909. The van der Waals surface area contributed by atoms with E-state index in [-0.39, 0.29) is 0 Å². The summed E-state index contributed by atoms with van der Waals surface area (Å²) in [6, 6.07) is 0.476. The van der Waals surface area contributed by atoms with E-state index in [1.165, 1.54) is 17.1 Å². The van der Waals surface area contributed by atoms with E-state index >= 15 is 0 Å². The number of hydrogen-bond donors (Lipinski definition) is 1. The Morgan fingerprint density at radius 1 is 1.11 bits per heavy atom. The monoisotopic (exact) mass is 276 g/mol. The molecule has 0 radical (unpaired) electrons. The molecule has 0 aliphatic carbocycles. The fourth-order valence-corrected chi connectivity index (χ4v) is 4.10. The molecule has 18 heavy (non-hydrogen) atoms. The van der Waals surface area contributed by atoms with Crippen molar-refractivity contribution in [1.29, 1.82) is 0 Å². The van der Waals surface area contributed by atoms with Gasteiger partial charge in [-0.25, -0.2) is 12.7 Å². The third-order valence-electron chi connectivity index (χ3n) is 3.78. The molecule has 0 amide bonds. The van der Waals surface area contributed by atoms with Gasteiger partial charge in [-0.05, 0) is 38.8 Å². The largest absolute Gasteiger partial charge is 0.480 e. The molecule has 6 nitrogen and oxygen atoms in total. The highest BCUT2D eigenvalue weighted by atomic mass is 32.2. The van der Waals surface area contributed by atoms with E-state index in [4.69, 9.17) is 5.11 Å². The van der Waals surface area contributed by atoms with Crippen LogP contribution in [-0.4, -0.2) is 66.7 Å². The van der Waals surface area contributed by atoms with E-state index in [1.54, 1.807) is 0 Å². The molecule has 104 valence electrons. The Hall–Kier alpha value is -0.660. The zero-order valence-electron chi connectivity index (χ0n) is 10.4. The summed E-state index contributed by atoms with van der Waals surface area (Å²) in [7, 11) is -3.61. The molecule has 0 aromatic carbocycles. The lowest BCUT2D eigenvalue weighted by molar-refractivity contribution is -0.134. The first-order valence-electron chi connectivity index (χ1n) is 6.43. The van der Waals surface area contributed by atoms with E-state index < -0.39 is 21.7 Å². The predicted molar refractivity (Wildman–Crippen MR) is 66.8 cm³/mol. The second-order valence-corrected chi connectivity index (χ2v) is 6.99.